The summed E-state index contributed by atoms with van der Waals surface area (Å²) in [6.45, 7) is 0. The van der Waals surface area contributed by atoms with Crippen LogP contribution in [0.2, 0.25) is 0 Å². The molecule has 1 heterocycles. The van der Waals surface area contributed by atoms with Gasteiger partial charge in [-0.3, -0.25) is 4.79 Å². The second kappa shape index (κ2) is 6.80. The van der Waals surface area contributed by atoms with Crippen LogP contribution in [0.3, 0.4) is 0 Å². The van der Waals surface area contributed by atoms with Crippen molar-refractivity contribution in [3.63, 3.8) is 0 Å². The number of hydrogen-bond donors (Lipinski definition) is 1. The maximum absolute atomic E-state index is 13.9. The predicted molar refractivity (Wildman–Crippen MR) is 85.3 cm³/mol. The first-order valence-electron chi connectivity index (χ1n) is 7.44. The van der Waals surface area contributed by atoms with Gasteiger partial charge in [0.25, 0.3) is 5.91 Å². The van der Waals surface area contributed by atoms with Crippen LogP contribution < -0.4 is 5.32 Å². The first kappa shape index (κ1) is 16.8. The molecule has 0 aliphatic rings. The van der Waals surface area contributed by atoms with Crippen LogP contribution in [-0.2, 0) is 7.05 Å². The summed E-state index contributed by atoms with van der Waals surface area (Å²) in [5.74, 6) is -2.39. The summed E-state index contributed by atoms with van der Waals surface area (Å²) >= 11 is 0. The second-order valence-corrected chi connectivity index (χ2v) is 5.48. The van der Waals surface area contributed by atoms with Gasteiger partial charge in [-0.25, -0.2) is 18.2 Å². The van der Waals surface area contributed by atoms with Crippen LogP contribution in [-0.4, -0.2) is 15.5 Å². The Balaban J connectivity index is 1.96. The van der Waals surface area contributed by atoms with E-state index in [0.29, 0.717) is 17.5 Å². The van der Waals surface area contributed by atoms with E-state index in [1.54, 1.807) is 24.0 Å². The van der Waals surface area contributed by atoms with Crippen molar-refractivity contribution in [1.82, 2.24) is 14.9 Å². The quantitative estimate of drug-likeness (QED) is 0.788. The van der Waals surface area contributed by atoms with Crippen molar-refractivity contribution in [2.24, 2.45) is 7.05 Å². The highest BCUT2D eigenvalue weighted by atomic mass is 19.1. The predicted octanol–water partition coefficient (Wildman–Crippen LogP) is 3.36. The van der Waals surface area contributed by atoms with E-state index in [2.05, 4.69) is 10.3 Å². The summed E-state index contributed by atoms with van der Waals surface area (Å²) in [5, 5.41) is 2.67. The van der Waals surface area contributed by atoms with Crippen LogP contribution in [0.5, 0.6) is 0 Å². The fourth-order valence-electron chi connectivity index (χ4n) is 2.49. The third kappa shape index (κ3) is 3.55. The standard InChI is InChI=1S/C18H14F3N3O/c1-24-9-8-22-17(24)16(11-2-4-12(19)5-3-11)23-18(25)14-7-6-13(20)10-15(14)21/h2-10,16H,1H3,(H,23,25)/t16-/m1/s1. The number of nitrogens with one attached hydrogen (secondary N) is 1. The molecule has 0 radical (unpaired) electrons. The zero-order chi connectivity index (χ0) is 18.0. The zero-order valence-corrected chi connectivity index (χ0v) is 13.2. The molecule has 1 N–H and O–H groups in total. The number of halogens is 3. The van der Waals surface area contributed by atoms with Crippen molar-refractivity contribution < 1.29 is 18.0 Å². The number of carbonyl (C=O) groups excluding carboxylic acids is 1. The highest BCUT2D eigenvalue weighted by molar-refractivity contribution is 5.94. The molecule has 0 aliphatic carbocycles. The van der Waals surface area contributed by atoms with Crippen molar-refractivity contribution in [3.8, 4) is 0 Å². The summed E-state index contributed by atoms with van der Waals surface area (Å²) < 4.78 is 41.8. The van der Waals surface area contributed by atoms with Gasteiger partial charge in [0.15, 0.2) is 0 Å². The van der Waals surface area contributed by atoms with E-state index in [0.717, 1.165) is 12.1 Å². The van der Waals surface area contributed by atoms with E-state index >= 15 is 0 Å². The summed E-state index contributed by atoms with van der Waals surface area (Å²) in [6.07, 6.45) is 3.24. The molecule has 0 aliphatic heterocycles. The lowest BCUT2D eigenvalue weighted by Crippen LogP contribution is -2.31. The maximum atomic E-state index is 13.9. The molecule has 25 heavy (non-hydrogen) atoms. The third-order valence-electron chi connectivity index (χ3n) is 3.77. The number of amides is 1. The van der Waals surface area contributed by atoms with Gasteiger partial charge in [-0.2, -0.15) is 0 Å². The average Bonchev–Trinajstić information content (AvgIpc) is 2.99. The number of rotatable bonds is 4. The number of carbonyl (C=O) groups is 1. The first-order chi connectivity index (χ1) is 12.0. The van der Waals surface area contributed by atoms with E-state index in [4.69, 9.17) is 0 Å². The van der Waals surface area contributed by atoms with Gasteiger partial charge in [0, 0.05) is 25.5 Å². The van der Waals surface area contributed by atoms with Gasteiger partial charge in [0.2, 0.25) is 0 Å². The average molecular weight is 345 g/mol. The van der Waals surface area contributed by atoms with Crippen molar-refractivity contribution in [3.05, 3.63) is 89.3 Å². The molecule has 3 aromatic rings. The summed E-state index contributed by atoms with van der Waals surface area (Å²) in [6, 6.07) is 7.53. The van der Waals surface area contributed by atoms with Crippen molar-refractivity contribution in [1.29, 1.82) is 0 Å². The third-order valence-corrected chi connectivity index (χ3v) is 3.77. The van der Waals surface area contributed by atoms with Gasteiger partial charge in [-0.1, -0.05) is 12.1 Å². The highest BCUT2D eigenvalue weighted by Gasteiger charge is 2.23. The molecule has 0 fully saturated rings. The molecule has 7 heteroatoms. The lowest BCUT2D eigenvalue weighted by atomic mass is 10.0. The van der Waals surface area contributed by atoms with E-state index in [-0.39, 0.29) is 5.56 Å². The molecule has 128 valence electrons. The second-order valence-electron chi connectivity index (χ2n) is 5.48. The number of aryl methyl sites for hydroxylation is 1. The van der Waals surface area contributed by atoms with E-state index in [1.807, 2.05) is 0 Å². The number of imidazole rings is 1. The highest BCUT2D eigenvalue weighted by Crippen LogP contribution is 2.22. The fraction of sp³-hybridized carbons (Fsp3) is 0.111. The molecule has 0 saturated heterocycles. The molecule has 0 spiro atoms. The monoisotopic (exact) mass is 345 g/mol. The molecule has 0 bridgehead atoms. The molecule has 1 atom stereocenters. The summed E-state index contributed by atoms with van der Waals surface area (Å²) in [5.41, 5.74) is 0.286. The van der Waals surface area contributed by atoms with E-state index < -0.39 is 29.4 Å². The molecular formula is C18H14F3N3O. The van der Waals surface area contributed by atoms with Crippen molar-refractivity contribution in [2.45, 2.75) is 6.04 Å². The minimum absolute atomic E-state index is 0.289. The number of benzene rings is 2. The van der Waals surface area contributed by atoms with Gasteiger partial charge in [-0.05, 0) is 29.8 Å². The van der Waals surface area contributed by atoms with Crippen LogP contribution in [0.4, 0.5) is 13.2 Å². The lowest BCUT2D eigenvalue weighted by molar-refractivity contribution is 0.0937. The van der Waals surface area contributed by atoms with Gasteiger partial charge in [-0.15, -0.1) is 0 Å². The van der Waals surface area contributed by atoms with Crippen LogP contribution in [0, 0.1) is 17.5 Å². The van der Waals surface area contributed by atoms with Crippen molar-refractivity contribution in [2.75, 3.05) is 0 Å². The Kier molecular flexibility index (Phi) is 4.56. The minimum atomic E-state index is -0.963. The molecule has 0 unspecified atom stereocenters. The Morgan fingerprint density at radius 1 is 1.08 bits per heavy atom. The van der Waals surface area contributed by atoms with Crippen LogP contribution in [0.25, 0.3) is 0 Å². The molecule has 0 saturated carbocycles. The smallest absolute Gasteiger partial charge is 0.255 e. The van der Waals surface area contributed by atoms with E-state index in [9.17, 15) is 18.0 Å². The number of aromatic nitrogens is 2. The zero-order valence-electron chi connectivity index (χ0n) is 13.2. The number of hydrogen-bond acceptors (Lipinski definition) is 2. The SMILES string of the molecule is Cn1ccnc1[C@H](NC(=O)c1ccc(F)cc1F)c1ccc(F)cc1. The lowest BCUT2D eigenvalue weighted by Gasteiger charge is -2.19. The topological polar surface area (TPSA) is 46.9 Å². The molecule has 4 nitrogen and oxygen atoms in total. The van der Waals surface area contributed by atoms with Gasteiger partial charge < -0.3 is 9.88 Å². The van der Waals surface area contributed by atoms with E-state index in [1.165, 1.54) is 24.3 Å². The maximum Gasteiger partial charge on any atom is 0.255 e. The summed E-state index contributed by atoms with van der Waals surface area (Å²) in [4.78, 5) is 16.6. The Hall–Kier alpha value is -3.09. The first-order valence-corrected chi connectivity index (χ1v) is 7.44. The van der Waals surface area contributed by atoms with Crippen LogP contribution in [0.1, 0.15) is 27.8 Å². The van der Waals surface area contributed by atoms with Crippen molar-refractivity contribution >= 4 is 5.91 Å². The Morgan fingerprint density at radius 2 is 1.76 bits per heavy atom. The van der Waals surface area contributed by atoms with Gasteiger partial charge in [0.05, 0.1) is 5.56 Å². The Morgan fingerprint density at radius 3 is 2.36 bits per heavy atom. The fourth-order valence-corrected chi connectivity index (χ4v) is 2.49. The normalized spacial score (nSPS) is 12.0. The largest absolute Gasteiger partial charge is 0.338 e. The minimum Gasteiger partial charge on any atom is -0.338 e. The molecule has 3 rings (SSSR count). The van der Waals surface area contributed by atoms with Gasteiger partial charge in [0.1, 0.15) is 29.3 Å². The van der Waals surface area contributed by atoms with Crippen LogP contribution >= 0.6 is 0 Å². The Labute approximate surface area is 141 Å². The molecular weight excluding hydrogens is 331 g/mol. The molecule has 1 aromatic heterocycles. The van der Waals surface area contributed by atoms with Crippen LogP contribution in [0.15, 0.2) is 54.9 Å². The summed E-state index contributed by atoms with van der Waals surface area (Å²) in [7, 11) is 1.74. The Bertz CT molecular complexity index is 906. The number of nitrogens with zero attached hydrogens (tertiary/aromatic N) is 2. The van der Waals surface area contributed by atoms with Gasteiger partial charge >= 0.3 is 0 Å². The molecule has 1 amide bonds. The molecule has 2 aromatic carbocycles.